The van der Waals surface area contributed by atoms with Crippen molar-refractivity contribution in [3.05, 3.63) is 88.8 Å². The molecular weight excluding hydrogens is 479 g/mol. The Balaban J connectivity index is 1.82. The third-order valence-electron chi connectivity index (χ3n) is 4.61. The van der Waals surface area contributed by atoms with Gasteiger partial charge in [0.15, 0.2) is 0 Å². The lowest BCUT2D eigenvalue weighted by molar-refractivity contribution is -0.138. The van der Waals surface area contributed by atoms with E-state index in [9.17, 15) is 39.5 Å². The lowest BCUT2D eigenvalue weighted by Crippen LogP contribution is -2.24. The van der Waals surface area contributed by atoms with Crippen LogP contribution >= 0.6 is 0 Å². The van der Waals surface area contributed by atoms with Gasteiger partial charge in [0.2, 0.25) is 0 Å². The molecule has 0 aliphatic carbocycles. The molecule has 13 heteroatoms. The predicted octanol–water partition coefficient (Wildman–Crippen LogP) is 6.13. The smallest absolute Gasteiger partial charge is 0.286 e. The van der Waals surface area contributed by atoms with Gasteiger partial charge in [0.25, 0.3) is 0 Å². The van der Waals surface area contributed by atoms with Crippen LogP contribution in [-0.4, -0.2) is 19.9 Å². The predicted molar refractivity (Wildman–Crippen MR) is 101 cm³/mol. The van der Waals surface area contributed by atoms with E-state index < -0.39 is 35.2 Å². The van der Waals surface area contributed by atoms with Crippen LogP contribution in [0.5, 0.6) is 0 Å². The molecule has 0 saturated carbocycles. The zero-order valence-electron chi connectivity index (χ0n) is 17.0. The molecule has 3 heterocycles. The molecule has 0 unspecified atom stereocenters. The topological polar surface area (TPSA) is 41.9 Å². The summed E-state index contributed by atoms with van der Waals surface area (Å²) < 4.78 is 115. The number of halogens is 9. The van der Waals surface area contributed by atoms with Crippen LogP contribution in [0.4, 0.5) is 39.5 Å². The molecule has 0 amide bonds. The highest BCUT2D eigenvalue weighted by molar-refractivity contribution is 5.20. The highest BCUT2D eigenvalue weighted by Crippen LogP contribution is 2.30. The standard InChI is InChI=1S/C21H15F9N4/c22-19(23,24)13-1-4-16(31-7-13)10-34(11-17-5-2-14(8-32-17)20(25,26)27)12-18-6-3-15(9-33-18)21(28,29)30/h1-9H,10-12H2. The van der Waals surface area contributed by atoms with Crippen LogP contribution in [0.15, 0.2) is 55.0 Å². The monoisotopic (exact) mass is 494 g/mol. The van der Waals surface area contributed by atoms with Gasteiger partial charge in [-0.15, -0.1) is 0 Å². The Hall–Kier alpha value is -3.22. The van der Waals surface area contributed by atoms with Gasteiger partial charge < -0.3 is 0 Å². The summed E-state index contributed by atoms with van der Waals surface area (Å²) in [4.78, 5) is 12.8. The summed E-state index contributed by atoms with van der Waals surface area (Å²) in [5.41, 5.74) is -2.28. The van der Waals surface area contributed by atoms with Crippen molar-refractivity contribution >= 4 is 0 Å². The van der Waals surface area contributed by atoms with E-state index in [2.05, 4.69) is 15.0 Å². The lowest BCUT2D eigenvalue weighted by atomic mass is 10.2. The van der Waals surface area contributed by atoms with E-state index in [1.54, 1.807) is 0 Å². The van der Waals surface area contributed by atoms with Gasteiger partial charge in [0, 0.05) is 38.2 Å². The molecule has 3 rings (SSSR count). The summed E-state index contributed by atoms with van der Waals surface area (Å²) >= 11 is 0. The van der Waals surface area contributed by atoms with Crippen LogP contribution in [0.2, 0.25) is 0 Å². The van der Waals surface area contributed by atoms with Crippen LogP contribution in [0.1, 0.15) is 33.8 Å². The molecule has 0 aliphatic heterocycles. The minimum atomic E-state index is -4.58. The highest BCUT2D eigenvalue weighted by atomic mass is 19.4. The van der Waals surface area contributed by atoms with Gasteiger partial charge in [0.1, 0.15) is 0 Å². The van der Waals surface area contributed by atoms with Crippen molar-refractivity contribution in [2.45, 2.75) is 38.2 Å². The molecule has 0 spiro atoms. The maximum atomic E-state index is 12.8. The van der Waals surface area contributed by atoms with Gasteiger partial charge in [0.05, 0.1) is 33.8 Å². The second-order valence-corrected chi connectivity index (χ2v) is 7.25. The van der Waals surface area contributed by atoms with E-state index in [0.717, 1.165) is 36.4 Å². The molecule has 3 aromatic rings. The molecule has 0 N–H and O–H groups in total. The van der Waals surface area contributed by atoms with Crippen molar-refractivity contribution in [3.63, 3.8) is 0 Å². The van der Waals surface area contributed by atoms with Crippen molar-refractivity contribution < 1.29 is 39.5 Å². The van der Waals surface area contributed by atoms with Crippen LogP contribution in [0.3, 0.4) is 0 Å². The summed E-state index contributed by atoms with van der Waals surface area (Å²) in [6, 6.07) is 5.89. The first-order valence-electron chi connectivity index (χ1n) is 9.50. The molecular formula is C21H15F9N4. The Morgan fingerprint density at radius 1 is 0.471 bits per heavy atom. The molecule has 0 atom stereocenters. The summed E-state index contributed by atoms with van der Waals surface area (Å²) in [6.45, 7) is -0.198. The minimum absolute atomic E-state index is 0.0659. The van der Waals surface area contributed by atoms with Crippen LogP contribution < -0.4 is 0 Å². The third-order valence-corrected chi connectivity index (χ3v) is 4.61. The van der Waals surface area contributed by atoms with Crippen LogP contribution in [0.25, 0.3) is 0 Å². The van der Waals surface area contributed by atoms with Gasteiger partial charge in [-0.05, 0) is 36.4 Å². The molecule has 4 nitrogen and oxygen atoms in total. The molecule has 0 aliphatic rings. The van der Waals surface area contributed by atoms with Crippen molar-refractivity contribution in [2.75, 3.05) is 0 Å². The van der Waals surface area contributed by atoms with Crippen LogP contribution in [0, 0.1) is 0 Å². The van der Waals surface area contributed by atoms with Crippen molar-refractivity contribution in [3.8, 4) is 0 Å². The van der Waals surface area contributed by atoms with E-state index in [-0.39, 0.29) is 36.7 Å². The fourth-order valence-corrected chi connectivity index (χ4v) is 2.91. The molecule has 0 saturated heterocycles. The summed E-state index contributed by atoms with van der Waals surface area (Å²) in [7, 11) is 0. The van der Waals surface area contributed by atoms with Gasteiger partial charge in [-0.1, -0.05) is 0 Å². The molecule has 34 heavy (non-hydrogen) atoms. The Kier molecular flexibility index (Phi) is 7.15. The Bertz CT molecular complexity index is 931. The quantitative estimate of drug-likeness (QED) is 0.387. The number of hydrogen-bond donors (Lipinski definition) is 0. The third kappa shape index (κ3) is 6.89. The number of aromatic nitrogens is 3. The fourth-order valence-electron chi connectivity index (χ4n) is 2.91. The van der Waals surface area contributed by atoms with E-state index >= 15 is 0 Å². The number of hydrogen-bond acceptors (Lipinski definition) is 4. The van der Waals surface area contributed by atoms with Gasteiger partial charge in [-0.2, -0.15) is 39.5 Å². The van der Waals surface area contributed by atoms with E-state index in [1.807, 2.05) is 0 Å². The molecule has 182 valence electrons. The SMILES string of the molecule is FC(F)(F)c1ccc(CN(Cc2ccc(C(F)(F)F)cn2)Cc2ccc(C(F)(F)F)cn2)nc1. The first-order chi connectivity index (χ1) is 15.7. The number of pyridine rings is 3. The van der Waals surface area contributed by atoms with E-state index in [4.69, 9.17) is 0 Å². The molecule has 0 fully saturated rings. The molecule has 0 aromatic carbocycles. The fraction of sp³-hybridized carbons (Fsp3) is 0.286. The Morgan fingerprint density at radius 3 is 0.912 bits per heavy atom. The van der Waals surface area contributed by atoms with Crippen molar-refractivity contribution in [1.82, 2.24) is 19.9 Å². The van der Waals surface area contributed by atoms with Gasteiger partial charge >= 0.3 is 18.5 Å². The molecule has 3 aromatic heterocycles. The second kappa shape index (κ2) is 9.57. The summed E-state index contributed by atoms with van der Waals surface area (Å²) in [5.74, 6) is 0. The number of alkyl halides is 9. The van der Waals surface area contributed by atoms with E-state index in [1.165, 1.54) is 4.90 Å². The highest BCUT2D eigenvalue weighted by Gasteiger charge is 2.32. The van der Waals surface area contributed by atoms with E-state index in [0.29, 0.717) is 18.6 Å². The Morgan fingerprint density at radius 2 is 0.735 bits per heavy atom. The molecule has 0 radical (unpaired) electrons. The van der Waals surface area contributed by atoms with Crippen molar-refractivity contribution in [1.29, 1.82) is 0 Å². The average Bonchev–Trinajstić information content (AvgIpc) is 2.73. The largest absolute Gasteiger partial charge is 0.417 e. The normalized spacial score (nSPS) is 12.9. The zero-order valence-corrected chi connectivity index (χ0v) is 17.0. The molecule has 0 bridgehead atoms. The van der Waals surface area contributed by atoms with Crippen LogP contribution in [-0.2, 0) is 38.2 Å². The Labute approximate surface area is 187 Å². The first-order valence-corrected chi connectivity index (χ1v) is 9.50. The average molecular weight is 494 g/mol. The first kappa shape index (κ1) is 25.4. The summed E-state index contributed by atoms with van der Waals surface area (Å²) in [6.07, 6.45) is -11.8. The number of rotatable bonds is 6. The van der Waals surface area contributed by atoms with Gasteiger partial charge in [-0.25, -0.2) is 0 Å². The number of nitrogens with zero attached hydrogens (tertiary/aromatic N) is 4. The minimum Gasteiger partial charge on any atom is -0.286 e. The summed E-state index contributed by atoms with van der Waals surface area (Å²) in [5, 5.41) is 0. The zero-order chi connectivity index (χ0) is 25.1. The maximum Gasteiger partial charge on any atom is 0.417 e. The van der Waals surface area contributed by atoms with Gasteiger partial charge in [-0.3, -0.25) is 19.9 Å². The maximum absolute atomic E-state index is 12.8. The second-order valence-electron chi connectivity index (χ2n) is 7.25. The van der Waals surface area contributed by atoms with Crippen molar-refractivity contribution in [2.24, 2.45) is 0 Å². The lowest BCUT2D eigenvalue weighted by Gasteiger charge is -2.22.